The van der Waals surface area contributed by atoms with Crippen molar-refractivity contribution in [3.05, 3.63) is 71.3 Å². The molecule has 0 saturated carbocycles. The molecule has 8 heteroatoms. The zero-order valence-electron chi connectivity index (χ0n) is 19.1. The fourth-order valence-corrected chi connectivity index (χ4v) is 4.73. The normalized spacial score (nSPS) is 18.6. The summed E-state index contributed by atoms with van der Waals surface area (Å²) in [5.74, 6) is -0.388. The molecule has 2 aromatic carbocycles. The van der Waals surface area contributed by atoms with Crippen molar-refractivity contribution >= 4 is 11.8 Å². The summed E-state index contributed by atoms with van der Waals surface area (Å²) in [7, 11) is 0. The number of alkyl halides is 3. The van der Waals surface area contributed by atoms with E-state index in [1.165, 1.54) is 17.7 Å². The first kappa shape index (κ1) is 24.3. The lowest BCUT2D eigenvalue weighted by Crippen LogP contribution is -2.48. The maximum atomic E-state index is 12.8. The van der Waals surface area contributed by atoms with Crippen molar-refractivity contribution in [1.82, 2.24) is 15.1 Å². The number of halogens is 3. The lowest BCUT2D eigenvalue weighted by molar-refractivity contribution is -0.137. The highest BCUT2D eigenvalue weighted by atomic mass is 19.4. The van der Waals surface area contributed by atoms with Crippen molar-refractivity contribution in [3.63, 3.8) is 0 Å². The van der Waals surface area contributed by atoms with Crippen LogP contribution in [0.15, 0.2) is 54.6 Å². The van der Waals surface area contributed by atoms with Gasteiger partial charge in [-0.25, -0.2) is 0 Å². The SMILES string of the molecule is O=C(NC1CCN(Cc2ccccc2)CC1)C1CCN(C(=O)c2ccc(C(F)(F)F)cc2)CC1. The van der Waals surface area contributed by atoms with Crippen LogP contribution in [0.25, 0.3) is 0 Å². The molecule has 1 N–H and O–H groups in total. The Labute approximate surface area is 197 Å². The van der Waals surface area contributed by atoms with Crippen LogP contribution in [0.1, 0.15) is 47.2 Å². The Balaban J connectivity index is 1.20. The molecule has 182 valence electrons. The number of carbonyl (C=O) groups excluding carboxylic acids is 2. The molecule has 0 aliphatic carbocycles. The molecular weight excluding hydrogens is 443 g/mol. The molecule has 34 heavy (non-hydrogen) atoms. The van der Waals surface area contributed by atoms with E-state index in [4.69, 9.17) is 0 Å². The predicted octanol–water partition coefficient (Wildman–Crippen LogP) is 4.34. The van der Waals surface area contributed by atoms with Crippen LogP contribution in [0.5, 0.6) is 0 Å². The Morgan fingerprint density at radius 1 is 0.853 bits per heavy atom. The van der Waals surface area contributed by atoms with Gasteiger partial charge in [-0.2, -0.15) is 13.2 Å². The molecule has 2 heterocycles. The van der Waals surface area contributed by atoms with Gasteiger partial charge in [0.25, 0.3) is 5.91 Å². The zero-order valence-corrected chi connectivity index (χ0v) is 19.1. The first-order chi connectivity index (χ1) is 16.3. The second-order valence-corrected chi connectivity index (χ2v) is 9.19. The summed E-state index contributed by atoms with van der Waals surface area (Å²) >= 11 is 0. The van der Waals surface area contributed by atoms with E-state index in [1.807, 2.05) is 18.2 Å². The average Bonchev–Trinajstić information content (AvgIpc) is 2.85. The smallest absolute Gasteiger partial charge is 0.353 e. The van der Waals surface area contributed by atoms with Gasteiger partial charge in [-0.3, -0.25) is 14.5 Å². The maximum Gasteiger partial charge on any atom is 0.416 e. The summed E-state index contributed by atoms with van der Waals surface area (Å²) in [5.41, 5.74) is 0.756. The molecule has 0 radical (unpaired) electrons. The summed E-state index contributed by atoms with van der Waals surface area (Å²) in [6.45, 7) is 3.66. The standard InChI is InChI=1S/C26H30F3N3O2/c27-26(28,29)22-8-6-21(7-9-22)25(34)32-16-10-20(11-17-32)24(33)30-23-12-14-31(15-13-23)18-19-4-2-1-3-5-19/h1-9,20,23H,10-18H2,(H,30,33). The van der Waals surface area contributed by atoms with Crippen molar-refractivity contribution in [1.29, 1.82) is 0 Å². The van der Waals surface area contributed by atoms with Gasteiger partial charge in [-0.1, -0.05) is 30.3 Å². The third kappa shape index (κ3) is 6.17. The quantitative estimate of drug-likeness (QED) is 0.703. The number of nitrogens with zero attached hydrogens (tertiary/aromatic N) is 2. The van der Waals surface area contributed by atoms with E-state index in [0.717, 1.165) is 44.6 Å². The van der Waals surface area contributed by atoms with Crippen LogP contribution in [-0.2, 0) is 17.5 Å². The first-order valence-electron chi connectivity index (χ1n) is 11.8. The number of likely N-dealkylation sites (tertiary alicyclic amines) is 2. The van der Waals surface area contributed by atoms with Gasteiger partial charge in [0, 0.05) is 50.2 Å². The summed E-state index contributed by atoms with van der Waals surface area (Å²) in [6.07, 6.45) is -1.46. The third-order valence-electron chi connectivity index (χ3n) is 6.80. The molecule has 2 aliphatic heterocycles. The van der Waals surface area contributed by atoms with Crippen molar-refractivity contribution in [3.8, 4) is 0 Å². The number of benzene rings is 2. The Hall–Kier alpha value is -2.87. The summed E-state index contributed by atoms with van der Waals surface area (Å²) in [6, 6.07) is 14.8. The zero-order chi connectivity index (χ0) is 24.1. The highest BCUT2D eigenvalue weighted by Crippen LogP contribution is 2.29. The molecule has 5 nitrogen and oxygen atoms in total. The van der Waals surface area contributed by atoms with Gasteiger partial charge in [-0.15, -0.1) is 0 Å². The number of hydrogen-bond donors (Lipinski definition) is 1. The Bertz CT molecular complexity index is 963. The molecule has 4 rings (SSSR count). The van der Waals surface area contributed by atoms with Crippen LogP contribution in [-0.4, -0.2) is 53.8 Å². The predicted molar refractivity (Wildman–Crippen MR) is 123 cm³/mol. The molecule has 2 amide bonds. The number of hydrogen-bond acceptors (Lipinski definition) is 3. The van der Waals surface area contributed by atoms with Crippen LogP contribution in [0.2, 0.25) is 0 Å². The monoisotopic (exact) mass is 473 g/mol. The fraction of sp³-hybridized carbons (Fsp3) is 0.462. The van der Waals surface area contributed by atoms with Crippen molar-refractivity contribution in [2.75, 3.05) is 26.2 Å². The summed E-state index contributed by atoms with van der Waals surface area (Å²) in [4.78, 5) is 29.5. The molecule has 2 fully saturated rings. The van der Waals surface area contributed by atoms with Crippen LogP contribution in [0.3, 0.4) is 0 Å². The van der Waals surface area contributed by atoms with Gasteiger partial charge in [-0.05, 0) is 55.5 Å². The minimum Gasteiger partial charge on any atom is -0.353 e. The molecule has 0 atom stereocenters. The largest absolute Gasteiger partial charge is 0.416 e. The molecule has 2 aliphatic rings. The minimum absolute atomic E-state index is 0.0446. The van der Waals surface area contributed by atoms with E-state index in [1.54, 1.807) is 4.90 Å². The van der Waals surface area contributed by atoms with Gasteiger partial charge in [0.15, 0.2) is 0 Å². The van der Waals surface area contributed by atoms with Crippen molar-refractivity contribution in [2.45, 2.75) is 44.4 Å². The lowest BCUT2D eigenvalue weighted by atomic mass is 9.94. The molecule has 0 spiro atoms. The number of amides is 2. The second kappa shape index (κ2) is 10.6. The number of rotatable bonds is 5. The minimum atomic E-state index is -4.42. The maximum absolute atomic E-state index is 12.8. The highest BCUT2D eigenvalue weighted by Gasteiger charge is 2.32. The van der Waals surface area contributed by atoms with Crippen LogP contribution in [0, 0.1) is 5.92 Å². The van der Waals surface area contributed by atoms with Crippen LogP contribution >= 0.6 is 0 Å². The number of nitrogens with one attached hydrogen (secondary N) is 1. The number of carbonyl (C=O) groups is 2. The molecule has 0 bridgehead atoms. The summed E-state index contributed by atoms with van der Waals surface area (Å²) < 4.78 is 38.2. The third-order valence-corrected chi connectivity index (χ3v) is 6.80. The molecular formula is C26H30F3N3O2. The van der Waals surface area contributed by atoms with E-state index >= 15 is 0 Å². The van der Waals surface area contributed by atoms with E-state index in [0.29, 0.717) is 25.9 Å². The highest BCUT2D eigenvalue weighted by molar-refractivity contribution is 5.94. The van der Waals surface area contributed by atoms with E-state index in [-0.39, 0.29) is 29.3 Å². The van der Waals surface area contributed by atoms with Crippen LogP contribution in [0.4, 0.5) is 13.2 Å². The fourth-order valence-electron chi connectivity index (χ4n) is 4.73. The molecule has 0 unspecified atom stereocenters. The number of piperidine rings is 2. The van der Waals surface area contributed by atoms with Gasteiger partial charge in [0.1, 0.15) is 0 Å². The molecule has 0 aromatic heterocycles. The molecule has 2 saturated heterocycles. The lowest BCUT2D eigenvalue weighted by Gasteiger charge is -2.35. The van der Waals surface area contributed by atoms with Crippen molar-refractivity contribution in [2.24, 2.45) is 5.92 Å². The molecule has 2 aromatic rings. The van der Waals surface area contributed by atoms with Gasteiger partial charge < -0.3 is 10.2 Å². The van der Waals surface area contributed by atoms with Gasteiger partial charge in [0.2, 0.25) is 5.91 Å². The second-order valence-electron chi connectivity index (χ2n) is 9.19. The Morgan fingerprint density at radius 2 is 1.47 bits per heavy atom. The van der Waals surface area contributed by atoms with E-state index in [9.17, 15) is 22.8 Å². The van der Waals surface area contributed by atoms with Crippen LogP contribution < -0.4 is 5.32 Å². The van der Waals surface area contributed by atoms with E-state index in [2.05, 4.69) is 22.3 Å². The van der Waals surface area contributed by atoms with Gasteiger partial charge in [0.05, 0.1) is 5.56 Å². The topological polar surface area (TPSA) is 52.7 Å². The Morgan fingerprint density at radius 3 is 2.06 bits per heavy atom. The Kier molecular flexibility index (Phi) is 7.56. The van der Waals surface area contributed by atoms with Crippen molar-refractivity contribution < 1.29 is 22.8 Å². The first-order valence-corrected chi connectivity index (χ1v) is 11.8. The average molecular weight is 474 g/mol. The van der Waals surface area contributed by atoms with E-state index < -0.39 is 11.7 Å². The van der Waals surface area contributed by atoms with Gasteiger partial charge >= 0.3 is 6.18 Å². The summed E-state index contributed by atoms with van der Waals surface area (Å²) in [5, 5.41) is 3.19.